The summed E-state index contributed by atoms with van der Waals surface area (Å²) in [5.74, 6) is 1.54. The van der Waals surface area contributed by atoms with Gasteiger partial charge in [0.1, 0.15) is 5.75 Å². The highest BCUT2D eigenvalue weighted by molar-refractivity contribution is 6.06. The average Bonchev–Trinajstić information content (AvgIpc) is 2.74. The lowest BCUT2D eigenvalue weighted by molar-refractivity contribution is -0.120. The minimum absolute atomic E-state index is 0.100. The van der Waals surface area contributed by atoms with Crippen molar-refractivity contribution in [3.8, 4) is 17.2 Å². The van der Waals surface area contributed by atoms with Crippen LogP contribution in [-0.2, 0) is 16.0 Å². The van der Waals surface area contributed by atoms with E-state index in [1.807, 2.05) is 31.2 Å². The van der Waals surface area contributed by atoms with Gasteiger partial charge in [0.25, 0.3) is 0 Å². The molecule has 3 rings (SSSR count). The van der Waals surface area contributed by atoms with E-state index in [2.05, 4.69) is 15.6 Å². The third-order valence-corrected chi connectivity index (χ3v) is 4.57. The molecular formula is C22H25N3O5. The molecule has 1 aliphatic heterocycles. The molecule has 0 fully saturated rings. The van der Waals surface area contributed by atoms with Crippen molar-refractivity contribution in [1.29, 1.82) is 0 Å². The number of guanidine groups is 1. The van der Waals surface area contributed by atoms with Crippen molar-refractivity contribution >= 4 is 17.8 Å². The summed E-state index contributed by atoms with van der Waals surface area (Å²) < 4.78 is 15.9. The van der Waals surface area contributed by atoms with Crippen LogP contribution in [0, 0.1) is 0 Å². The van der Waals surface area contributed by atoms with Crippen molar-refractivity contribution in [2.45, 2.75) is 25.8 Å². The van der Waals surface area contributed by atoms with E-state index in [0.29, 0.717) is 18.1 Å². The van der Waals surface area contributed by atoms with Crippen molar-refractivity contribution < 1.29 is 23.8 Å². The predicted molar refractivity (Wildman–Crippen MR) is 112 cm³/mol. The highest BCUT2D eigenvalue weighted by Gasteiger charge is 2.23. The van der Waals surface area contributed by atoms with Crippen molar-refractivity contribution in [2.24, 2.45) is 4.99 Å². The van der Waals surface area contributed by atoms with E-state index < -0.39 is 0 Å². The summed E-state index contributed by atoms with van der Waals surface area (Å²) in [4.78, 5) is 29.1. The second-order valence-corrected chi connectivity index (χ2v) is 6.66. The molecule has 2 aromatic carbocycles. The van der Waals surface area contributed by atoms with Crippen LogP contribution in [0.4, 0.5) is 0 Å². The smallest absolute Gasteiger partial charge is 0.231 e. The number of aliphatic imine (C=N–C) groups is 1. The number of nitrogens with zero attached hydrogens (tertiary/aromatic N) is 1. The third-order valence-electron chi connectivity index (χ3n) is 4.57. The molecule has 1 heterocycles. The summed E-state index contributed by atoms with van der Waals surface area (Å²) in [5.41, 5.74) is 1.62. The fraction of sp³-hybridized carbons (Fsp3) is 0.318. The largest absolute Gasteiger partial charge is 0.494 e. The quantitative estimate of drug-likeness (QED) is 0.729. The zero-order valence-corrected chi connectivity index (χ0v) is 17.2. The van der Waals surface area contributed by atoms with Gasteiger partial charge in [0.05, 0.1) is 39.7 Å². The molecular weight excluding hydrogens is 386 g/mol. The third kappa shape index (κ3) is 5.28. The van der Waals surface area contributed by atoms with Crippen LogP contribution in [0.15, 0.2) is 47.5 Å². The van der Waals surface area contributed by atoms with Gasteiger partial charge in [-0.25, -0.2) is 4.99 Å². The van der Waals surface area contributed by atoms with Gasteiger partial charge < -0.3 is 14.2 Å². The van der Waals surface area contributed by atoms with Crippen LogP contribution in [0.1, 0.15) is 30.5 Å². The molecule has 30 heavy (non-hydrogen) atoms. The standard InChI is InChI=1S/C22H25N3O5/c1-4-30-16-8-6-15(7-9-16)17-13-21(27)25-22(23-17)24-20(26)12-14-5-10-18(28-2)19(11-14)29-3/h5-11,17H,4,12-13H2,1-3H3,(H2,23,24,25,26,27). The van der Waals surface area contributed by atoms with Gasteiger partial charge in [-0.15, -0.1) is 0 Å². The average molecular weight is 411 g/mol. The Morgan fingerprint density at radius 2 is 1.87 bits per heavy atom. The molecule has 2 amide bonds. The maximum atomic E-state index is 12.5. The number of methoxy groups -OCH3 is 2. The first-order valence-corrected chi connectivity index (χ1v) is 9.63. The van der Waals surface area contributed by atoms with Crippen LogP contribution < -0.4 is 24.8 Å². The minimum atomic E-state index is -0.370. The SMILES string of the molecule is CCOc1ccc(C2CC(=O)NC(NC(=O)Cc3ccc(OC)c(OC)c3)=N2)cc1. The monoisotopic (exact) mass is 411 g/mol. The fourth-order valence-corrected chi connectivity index (χ4v) is 3.15. The van der Waals surface area contributed by atoms with E-state index in [0.717, 1.165) is 16.9 Å². The van der Waals surface area contributed by atoms with E-state index in [-0.39, 0.29) is 36.7 Å². The van der Waals surface area contributed by atoms with Crippen LogP contribution >= 0.6 is 0 Å². The number of amides is 2. The van der Waals surface area contributed by atoms with Crippen molar-refractivity contribution in [1.82, 2.24) is 10.6 Å². The van der Waals surface area contributed by atoms with Crippen LogP contribution in [0.5, 0.6) is 17.2 Å². The molecule has 1 aliphatic rings. The first kappa shape index (κ1) is 21.2. The number of carbonyl (C=O) groups is 2. The molecule has 1 unspecified atom stereocenters. The second-order valence-electron chi connectivity index (χ2n) is 6.66. The zero-order chi connectivity index (χ0) is 21.5. The lowest BCUT2D eigenvalue weighted by Gasteiger charge is -2.21. The Kier molecular flexibility index (Phi) is 6.90. The molecule has 0 aliphatic carbocycles. The van der Waals surface area contributed by atoms with E-state index in [1.54, 1.807) is 25.3 Å². The molecule has 0 radical (unpaired) electrons. The highest BCUT2D eigenvalue weighted by Crippen LogP contribution is 2.28. The van der Waals surface area contributed by atoms with E-state index >= 15 is 0 Å². The highest BCUT2D eigenvalue weighted by atomic mass is 16.5. The minimum Gasteiger partial charge on any atom is -0.494 e. The van der Waals surface area contributed by atoms with Gasteiger partial charge in [-0.1, -0.05) is 18.2 Å². The number of rotatable bonds is 7. The number of carbonyl (C=O) groups excluding carboxylic acids is 2. The van der Waals surface area contributed by atoms with Crippen LogP contribution in [0.3, 0.4) is 0 Å². The van der Waals surface area contributed by atoms with Gasteiger partial charge >= 0.3 is 0 Å². The van der Waals surface area contributed by atoms with E-state index in [9.17, 15) is 9.59 Å². The van der Waals surface area contributed by atoms with Gasteiger partial charge in [-0.2, -0.15) is 0 Å². The Morgan fingerprint density at radius 3 is 2.53 bits per heavy atom. The molecule has 2 aromatic rings. The molecule has 0 bridgehead atoms. The molecule has 1 atom stereocenters. The van der Waals surface area contributed by atoms with Gasteiger partial charge in [0, 0.05) is 0 Å². The number of hydrogen-bond donors (Lipinski definition) is 2. The molecule has 2 N–H and O–H groups in total. The normalized spacial score (nSPS) is 15.6. The second kappa shape index (κ2) is 9.78. The van der Waals surface area contributed by atoms with Gasteiger partial charge in [-0.3, -0.25) is 20.2 Å². The van der Waals surface area contributed by atoms with Crippen molar-refractivity contribution in [2.75, 3.05) is 20.8 Å². The summed E-state index contributed by atoms with van der Waals surface area (Å²) in [6.07, 6.45) is 0.312. The maximum absolute atomic E-state index is 12.5. The summed E-state index contributed by atoms with van der Waals surface area (Å²) >= 11 is 0. The Balaban J connectivity index is 1.68. The maximum Gasteiger partial charge on any atom is 0.231 e. The fourth-order valence-electron chi connectivity index (χ4n) is 3.15. The predicted octanol–water partition coefficient (Wildman–Crippen LogP) is 2.38. The summed E-state index contributed by atoms with van der Waals surface area (Å²) in [7, 11) is 3.09. The Labute approximate surface area is 175 Å². The number of benzene rings is 2. The first-order valence-electron chi connectivity index (χ1n) is 9.63. The lowest BCUT2D eigenvalue weighted by Crippen LogP contribution is -2.47. The Bertz CT molecular complexity index is 940. The van der Waals surface area contributed by atoms with Gasteiger partial charge in [0.15, 0.2) is 11.5 Å². The van der Waals surface area contributed by atoms with E-state index in [1.165, 1.54) is 7.11 Å². The summed E-state index contributed by atoms with van der Waals surface area (Å²) in [6, 6.07) is 12.3. The first-order chi connectivity index (χ1) is 14.5. The molecule has 0 saturated heterocycles. The Hall–Kier alpha value is -3.55. The molecule has 0 saturated carbocycles. The van der Waals surface area contributed by atoms with Gasteiger partial charge in [0.2, 0.25) is 17.8 Å². The van der Waals surface area contributed by atoms with Crippen molar-refractivity contribution in [3.05, 3.63) is 53.6 Å². The van der Waals surface area contributed by atoms with Crippen LogP contribution in [-0.4, -0.2) is 38.6 Å². The lowest BCUT2D eigenvalue weighted by atomic mass is 10.0. The molecule has 0 spiro atoms. The topological polar surface area (TPSA) is 98.3 Å². The van der Waals surface area contributed by atoms with E-state index in [4.69, 9.17) is 14.2 Å². The summed E-state index contributed by atoms with van der Waals surface area (Å²) in [6.45, 7) is 2.50. The van der Waals surface area contributed by atoms with Gasteiger partial charge in [-0.05, 0) is 42.3 Å². The number of nitrogens with one attached hydrogen (secondary N) is 2. The number of hydrogen-bond acceptors (Lipinski definition) is 6. The van der Waals surface area contributed by atoms with Crippen molar-refractivity contribution in [3.63, 3.8) is 0 Å². The molecule has 0 aromatic heterocycles. The zero-order valence-electron chi connectivity index (χ0n) is 17.2. The Morgan fingerprint density at radius 1 is 1.13 bits per heavy atom. The molecule has 158 valence electrons. The molecule has 8 nitrogen and oxygen atoms in total. The number of ether oxygens (including phenoxy) is 3. The molecule has 8 heteroatoms. The summed E-state index contributed by atoms with van der Waals surface area (Å²) in [5, 5.41) is 5.29. The van der Waals surface area contributed by atoms with Crippen LogP contribution in [0.2, 0.25) is 0 Å². The van der Waals surface area contributed by atoms with Crippen LogP contribution in [0.25, 0.3) is 0 Å².